The SMILES string of the molecule is CC(C)(C)OC(=O)N[C@@H](Cc1cc(Br)c(N)c(Br)c1)C(=O)O. The highest BCUT2D eigenvalue weighted by Crippen LogP contribution is 2.30. The van der Waals surface area contributed by atoms with Crippen LogP contribution in [0.5, 0.6) is 0 Å². The number of hydrogen-bond acceptors (Lipinski definition) is 4. The molecular weight excluding hydrogens is 420 g/mol. The average Bonchev–Trinajstić information content (AvgIpc) is 2.32. The Kier molecular flexibility index (Phi) is 6.25. The average molecular weight is 438 g/mol. The maximum Gasteiger partial charge on any atom is 0.408 e. The second-order valence-corrected chi connectivity index (χ2v) is 7.42. The van der Waals surface area contributed by atoms with Gasteiger partial charge in [-0.2, -0.15) is 0 Å². The van der Waals surface area contributed by atoms with E-state index in [1.165, 1.54) is 0 Å². The number of alkyl carbamates (subject to hydrolysis) is 1. The molecule has 1 rings (SSSR count). The van der Waals surface area contributed by atoms with E-state index >= 15 is 0 Å². The zero-order valence-electron chi connectivity index (χ0n) is 12.4. The lowest BCUT2D eigenvalue weighted by Crippen LogP contribution is -2.44. The highest BCUT2D eigenvalue weighted by atomic mass is 79.9. The Bertz CT molecular complexity index is 562. The molecule has 0 bridgehead atoms. The summed E-state index contributed by atoms with van der Waals surface area (Å²) >= 11 is 6.60. The van der Waals surface area contributed by atoms with Crippen LogP contribution in [0.3, 0.4) is 0 Å². The summed E-state index contributed by atoms with van der Waals surface area (Å²) in [5.41, 5.74) is 6.33. The maximum atomic E-state index is 11.7. The lowest BCUT2D eigenvalue weighted by molar-refractivity contribution is -0.139. The van der Waals surface area contributed by atoms with E-state index in [4.69, 9.17) is 10.5 Å². The molecule has 0 saturated heterocycles. The van der Waals surface area contributed by atoms with Crippen molar-refractivity contribution in [3.05, 3.63) is 26.6 Å². The number of nitrogens with one attached hydrogen (secondary N) is 1. The fourth-order valence-electron chi connectivity index (χ4n) is 1.64. The van der Waals surface area contributed by atoms with Crippen molar-refractivity contribution in [2.24, 2.45) is 0 Å². The van der Waals surface area contributed by atoms with Gasteiger partial charge < -0.3 is 20.9 Å². The van der Waals surface area contributed by atoms with Crippen LogP contribution in [0.2, 0.25) is 0 Å². The summed E-state index contributed by atoms with van der Waals surface area (Å²) in [6.07, 6.45) is -0.667. The Labute approximate surface area is 145 Å². The van der Waals surface area contributed by atoms with Crippen LogP contribution >= 0.6 is 31.9 Å². The standard InChI is InChI=1S/C14H18Br2N2O4/c1-14(2,3)22-13(21)18-10(12(19)20)6-7-4-8(15)11(17)9(16)5-7/h4-5,10H,6,17H2,1-3H3,(H,18,21)(H,19,20)/t10-/m0/s1. The van der Waals surface area contributed by atoms with Crippen LogP contribution < -0.4 is 11.1 Å². The lowest BCUT2D eigenvalue weighted by atomic mass is 10.1. The molecule has 0 aliphatic heterocycles. The summed E-state index contributed by atoms with van der Waals surface area (Å²) in [7, 11) is 0. The van der Waals surface area contributed by atoms with Crippen molar-refractivity contribution in [3.8, 4) is 0 Å². The van der Waals surface area contributed by atoms with Crippen molar-refractivity contribution in [1.82, 2.24) is 5.32 Å². The van der Waals surface area contributed by atoms with Crippen LogP contribution in [-0.4, -0.2) is 28.8 Å². The van der Waals surface area contributed by atoms with Gasteiger partial charge in [0.2, 0.25) is 0 Å². The van der Waals surface area contributed by atoms with Gasteiger partial charge in [0.15, 0.2) is 0 Å². The number of rotatable bonds is 4. The summed E-state index contributed by atoms with van der Waals surface area (Å²) in [6.45, 7) is 5.11. The van der Waals surface area contributed by atoms with Gasteiger partial charge in [-0.25, -0.2) is 9.59 Å². The molecular formula is C14H18Br2N2O4. The number of carbonyl (C=O) groups is 2. The third-order valence-electron chi connectivity index (χ3n) is 2.57. The van der Waals surface area contributed by atoms with Gasteiger partial charge in [-0.1, -0.05) is 0 Å². The third kappa shape index (κ3) is 5.84. The van der Waals surface area contributed by atoms with Crippen molar-refractivity contribution in [2.45, 2.75) is 38.8 Å². The first-order valence-electron chi connectivity index (χ1n) is 6.45. The number of anilines is 1. The first-order chi connectivity index (χ1) is 9.99. The molecule has 0 heterocycles. The largest absolute Gasteiger partial charge is 0.480 e. The Hall–Kier alpha value is -1.28. The molecule has 6 nitrogen and oxygen atoms in total. The molecule has 122 valence electrons. The van der Waals surface area contributed by atoms with Gasteiger partial charge in [-0.3, -0.25) is 0 Å². The highest BCUT2D eigenvalue weighted by molar-refractivity contribution is 9.11. The number of halogens is 2. The van der Waals surface area contributed by atoms with Crippen LogP contribution in [0.1, 0.15) is 26.3 Å². The summed E-state index contributed by atoms with van der Waals surface area (Å²) in [4.78, 5) is 23.0. The van der Waals surface area contributed by atoms with Crippen molar-refractivity contribution in [2.75, 3.05) is 5.73 Å². The number of ether oxygens (including phenoxy) is 1. The second kappa shape index (κ2) is 7.32. The molecule has 0 unspecified atom stereocenters. The second-order valence-electron chi connectivity index (χ2n) is 5.71. The van der Waals surface area contributed by atoms with E-state index < -0.39 is 23.7 Å². The third-order valence-corrected chi connectivity index (χ3v) is 3.88. The van der Waals surface area contributed by atoms with Gasteiger partial charge >= 0.3 is 12.1 Å². The molecule has 0 aliphatic rings. The van der Waals surface area contributed by atoms with E-state index in [0.29, 0.717) is 20.2 Å². The van der Waals surface area contributed by atoms with Crippen molar-refractivity contribution in [1.29, 1.82) is 0 Å². The van der Waals surface area contributed by atoms with E-state index in [9.17, 15) is 14.7 Å². The van der Waals surface area contributed by atoms with Gasteiger partial charge in [-0.05, 0) is 70.3 Å². The monoisotopic (exact) mass is 436 g/mol. The minimum atomic E-state index is -1.14. The fourth-order valence-corrected chi connectivity index (χ4v) is 2.92. The number of nitrogens with two attached hydrogens (primary N) is 1. The van der Waals surface area contributed by atoms with E-state index in [-0.39, 0.29) is 6.42 Å². The smallest absolute Gasteiger partial charge is 0.408 e. The van der Waals surface area contributed by atoms with Gasteiger partial charge in [0.1, 0.15) is 11.6 Å². The number of carbonyl (C=O) groups excluding carboxylic acids is 1. The quantitative estimate of drug-likeness (QED) is 0.627. The zero-order valence-corrected chi connectivity index (χ0v) is 15.6. The predicted octanol–water partition coefficient (Wildman–Crippen LogP) is 3.31. The Balaban J connectivity index is 2.85. The van der Waals surface area contributed by atoms with E-state index in [1.54, 1.807) is 32.9 Å². The Morgan fingerprint density at radius 2 is 1.82 bits per heavy atom. The van der Waals surface area contributed by atoms with Crippen molar-refractivity contribution in [3.63, 3.8) is 0 Å². The molecule has 0 radical (unpaired) electrons. The summed E-state index contributed by atoms with van der Waals surface area (Å²) < 4.78 is 6.37. The molecule has 8 heteroatoms. The molecule has 4 N–H and O–H groups in total. The molecule has 0 aliphatic carbocycles. The van der Waals surface area contributed by atoms with E-state index in [1.807, 2.05) is 0 Å². The summed E-state index contributed by atoms with van der Waals surface area (Å²) in [5.74, 6) is -1.14. The maximum absolute atomic E-state index is 11.7. The van der Waals surface area contributed by atoms with Crippen LogP contribution in [0, 0.1) is 0 Å². The number of carboxylic acids is 1. The summed E-state index contributed by atoms with van der Waals surface area (Å²) in [6, 6.07) is 2.33. The first kappa shape index (κ1) is 18.8. The van der Waals surface area contributed by atoms with Gasteiger partial charge in [0.25, 0.3) is 0 Å². The number of benzene rings is 1. The van der Waals surface area contributed by atoms with Gasteiger partial charge in [0.05, 0.1) is 5.69 Å². The topological polar surface area (TPSA) is 102 Å². The molecule has 22 heavy (non-hydrogen) atoms. The number of nitrogen functional groups attached to an aromatic ring is 1. The molecule has 0 fully saturated rings. The first-order valence-corrected chi connectivity index (χ1v) is 8.04. The minimum Gasteiger partial charge on any atom is -0.480 e. The lowest BCUT2D eigenvalue weighted by Gasteiger charge is -2.22. The number of hydrogen-bond donors (Lipinski definition) is 3. The zero-order chi connectivity index (χ0) is 17.1. The molecule has 1 aromatic carbocycles. The Morgan fingerprint density at radius 3 is 2.23 bits per heavy atom. The van der Waals surface area contributed by atoms with E-state index in [2.05, 4.69) is 37.2 Å². The molecule has 0 spiro atoms. The fraction of sp³-hybridized carbons (Fsp3) is 0.429. The van der Waals surface area contributed by atoms with Crippen LogP contribution in [0.25, 0.3) is 0 Å². The van der Waals surface area contributed by atoms with Crippen LogP contribution in [0.4, 0.5) is 10.5 Å². The summed E-state index contributed by atoms with van der Waals surface area (Å²) in [5, 5.41) is 11.6. The molecule has 1 atom stereocenters. The van der Waals surface area contributed by atoms with Crippen LogP contribution in [0.15, 0.2) is 21.1 Å². The van der Waals surface area contributed by atoms with E-state index in [0.717, 1.165) is 0 Å². The van der Waals surface area contributed by atoms with Crippen LogP contribution in [-0.2, 0) is 16.0 Å². The van der Waals surface area contributed by atoms with Gasteiger partial charge in [-0.15, -0.1) is 0 Å². The predicted molar refractivity (Wildman–Crippen MR) is 90.8 cm³/mol. The molecule has 1 amide bonds. The van der Waals surface area contributed by atoms with Gasteiger partial charge in [0, 0.05) is 15.4 Å². The van der Waals surface area contributed by atoms with Crippen molar-refractivity contribution < 1.29 is 19.4 Å². The number of amides is 1. The molecule has 0 aromatic heterocycles. The number of carboxylic acid groups (broad SMARTS) is 1. The molecule has 1 aromatic rings. The number of aliphatic carboxylic acids is 1. The molecule has 0 saturated carbocycles. The normalized spacial score (nSPS) is 12.6. The highest BCUT2D eigenvalue weighted by Gasteiger charge is 2.24. The van der Waals surface area contributed by atoms with Crippen molar-refractivity contribution >= 4 is 49.6 Å². The Morgan fingerprint density at radius 1 is 1.32 bits per heavy atom. The minimum absolute atomic E-state index is 0.103.